The van der Waals surface area contributed by atoms with Crippen LogP contribution in [0.15, 0.2) is 48.5 Å². The predicted molar refractivity (Wildman–Crippen MR) is 95.2 cm³/mol. The Balaban J connectivity index is 1.52. The van der Waals surface area contributed by atoms with E-state index in [1.54, 1.807) is 0 Å². The molecule has 2 aromatic carbocycles. The molecule has 4 rings (SSSR count). The molecule has 0 unspecified atom stereocenters. The second kappa shape index (κ2) is 6.67. The van der Waals surface area contributed by atoms with E-state index >= 15 is 0 Å². The summed E-state index contributed by atoms with van der Waals surface area (Å²) < 4.78 is 5.90. The van der Waals surface area contributed by atoms with E-state index in [4.69, 9.17) is 21.3 Å². The standard InChI is InChI=1S/C19H18ClN3O/c20-15-5-1-3-13(9-15)12-24-16-6-2-4-14(10-16)19-22-17-7-8-21-11-18(17)23-19/h1-6,9-10,21H,7-8,11-12H2,(H,22,23). The number of ether oxygens (including phenoxy) is 1. The summed E-state index contributed by atoms with van der Waals surface area (Å²) in [6.07, 6.45) is 0.969. The van der Waals surface area contributed by atoms with E-state index in [0.29, 0.717) is 6.61 Å². The molecule has 2 N–H and O–H groups in total. The first kappa shape index (κ1) is 15.2. The van der Waals surface area contributed by atoms with E-state index in [2.05, 4.69) is 10.3 Å². The van der Waals surface area contributed by atoms with Crippen molar-refractivity contribution in [3.63, 3.8) is 0 Å². The topological polar surface area (TPSA) is 49.9 Å². The van der Waals surface area contributed by atoms with Gasteiger partial charge in [0.15, 0.2) is 0 Å². The number of halogens is 1. The zero-order chi connectivity index (χ0) is 16.4. The van der Waals surface area contributed by atoms with Crippen molar-refractivity contribution in [2.45, 2.75) is 19.6 Å². The van der Waals surface area contributed by atoms with Gasteiger partial charge in [-0.05, 0) is 29.8 Å². The van der Waals surface area contributed by atoms with Gasteiger partial charge in [-0.25, -0.2) is 4.98 Å². The SMILES string of the molecule is Clc1cccc(COc2cccc(-c3nc4c([nH]3)CNCC4)c2)c1. The maximum absolute atomic E-state index is 6.01. The molecule has 5 heteroatoms. The number of nitrogens with zero attached hydrogens (tertiary/aromatic N) is 1. The van der Waals surface area contributed by atoms with Crippen molar-refractivity contribution < 1.29 is 4.74 Å². The van der Waals surface area contributed by atoms with Crippen LogP contribution >= 0.6 is 11.6 Å². The van der Waals surface area contributed by atoms with Gasteiger partial charge in [-0.3, -0.25) is 0 Å². The van der Waals surface area contributed by atoms with Gasteiger partial charge in [-0.15, -0.1) is 0 Å². The van der Waals surface area contributed by atoms with E-state index in [1.807, 2.05) is 48.5 Å². The van der Waals surface area contributed by atoms with Crippen LogP contribution in [0, 0.1) is 0 Å². The lowest BCUT2D eigenvalue weighted by molar-refractivity contribution is 0.306. The number of imidazole rings is 1. The average Bonchev–Trinajstić information content (AvgIpc) is 3.05. The van der Waals surface area contributed by atoms with Gasteiger partial charge in [0.05, 0.1) is 11.4 Å². The minimum absolute atomic E-state index is 0.489. The summed E-state index contributed by atoms with van der Waals surface area (Å²) in [4.78, 5) is 8.14. The summed E-state index contributed by atoms with van der Waals surface area (Å²) in [5.74, 6) is 1.72. The Bertz CT molecular complexity index is 836. The van der Waals surface area contributed by atoms with Gasteiger partial charge in [0.1, 0.15) is 18.2 Å². The Hall–Kier alpha value is -2.30. The Morgan fingerprint density at radius 2 is 2.04 bits per heavy atom. The van der Waals surface area contributed by atoms with Crippen LogP contribution in [0.5, 0.6) is 5.75 Å². The molecule has 0 saturated carbocycles. The number of fused-ring (bicyclic) bond motifs is 1. The fourth-order valence-electron chi connectivity index (χ4n) is 2.88. The lowest BCUT2D eigenvalue weighted by atomic mass is 10.2. The zero-order valence-electron chi connectivity index (χ0n) is 13.2. The van der Waals surface area contributed by atoms with Crippen LogP contribution in [0.4, 0.5) is 0 Å². The minimum atomic E-state index is 0.489. The summed E-state index contributed by atoms with van der Waals surface area (Å²) in [7, 11) is 0. The van der Waals surface area contributed by atoms with Gasteiger partial charge in [0, 0.05) is 30.1 Å². The third-order valence-corrected chi connectivity index (χ3v) is 4.34. The number of aromatic nitrogens is 2. The van der Waals surface area contributed by atoms with Crippen LogP contribution in [-0.2, 0) is 19.6 Å². The number of benzene rings is 2. The van der Waals surface area contributed by atoms with Crippen molar-refractivity contribution in [1.29, 1.82) is 0 Å². The van der Waals surface area contributed by atoms with Crippen LogP contribution in [0.3, 0.4) is 0 Å². The van der Waals surface area contributed by atoms with Gasteiger partial charge >= 0.3 is 0 Å². The largest absolute Gasteiger partial charge is 0.489 e. The Morgan fingerprint density at radius 3 is 2.92 bits per heavy atom. The average molecular weight is 340 g/mol. The smallest absolute Gasteiger partial charge is 0.137 e. The highest BCUT2D eigenvalue weighted by molar-refractivity contribution is 6.30. The molecular weight excluding hydrogens is 322 g/mol. The summed E-state index contributed by atoms with van der Waals surface area (Å²) in [5, 5.41) is 4.08. The van der Waals surface area contributed by atoms with Gasteiger partial charge in [-0.1, -0.05) is 35.9 Å². The third kappa shape index (κ3) is 3.30. The summed E-state index contributed by atoms with van der Waals surface area (Å²) in [5.41, 5.74) is 4.43. The number of H-pyrrole nitrogens is 1. The van der Waals surface area contributed by atoms with E-state index in [9.17, 15) is 0 Å². The van der Waals surface area contributed by atoms with E-state index < -0.39 is 0 Å². The summed E-state index contributed by atoms with van der Waals surface area (Å²) in [6.45, 7) is 2.33. The zero-order valence-corrected chi connectivity index (χ0v) is 13.9. The summed E-state index contributed by atoms with van der Waals surface area (Å²) in [6, 6.07) is 15.7. The predicted octanol–water partition coefficient (Wildman–Crippen LogP) is 3.95. The van der Waals surface area contributed by atoms with Crippen LogP contribution < -0.4 is 10.1 Å². The molecule has 0 spiro atoms. The highest BCUT2D eigenvalue weighted by atomic mass is 35.5. The second-order valence-corrected chi connectivity index (χ2v) is 6.32. The van der Waals surface area contributed by atoms with Crippen molar-refractivity contribution in [3.05, 3.63) is 70.5 Å². The van der Waals surface area contributed by atoms with Crippen LogP contribution in [0.2, 0.25) is 5.02 Å². The normalized spacial score (nSPS) is 13.5. The van der Waals surface area contributed by atoms with Crippen molar-refractivity contribution in [2.24, 2.45) is 0 Å². The highest BCUT2D eigenvalue weighted by Gasteiger charge is 2.15. The molecule has 122 valence electrons. The molecule has 3 aromatic rings. The second-order valence-electron chi connectivity index (χ2n) is 5.88. The minimum Gasteiger partial charge on any atom is -0.489 e. The molecule has 0 amide bonds. The molecule has 0 radical (unpaired) electrons. The van der Waals surface area contributed by atoms with Gasteiger partial charge in [0.25, 0.3) is 0 Å². The Morgan fingerprint density at radius 1 is 1.12 bits per heavy atom. The maximum atomic E-state index is 6.01. The van der Waals surface area contributed by atoms with E-state index in [-0.39, 0.29) is 0 Å². The highest BCUT2D eigenvalue weighted by Crippen LogP contribution is 2.24. The number of nitrogens with one attached hydrogen (secondary N) is 2. The fourth-order valence-corrected chi connectivity index (χ4v) is 3.09. The molecule has 0 aliphatic carbocycles. The van der Waals surface area contributed by atoms with Crippen molar-refractivity contribution in [3.8, 4) is 17.1 Å². The summed E-state index contributed by atoms with van der Waals surface area (Å²) >= 11 is 6.01. The quantitative estimate of drug-likeness (QED) is 0.756. The molecule has 4 nitrogen and oxygen atoms in total. The fraction of sp³-hybridized carbons (Fsp3) is 0.211. The van der Waals surface area contributed by atoms with Gasteiger partial charge < -0.3 is 15.0 Å². The van der Waals surface area contributed by atoms with Crippen molar-refractivity contribution >= 4 is 11.6 Å². The molecule has 0 atom stereocenters. The van der Waals surface area contributed by atoms with Crippen molar-refractivity contribution in [2.75, 3.05) is 6.54 Å². The molecular formula is C19H18ClN3O. The number of hydrogen-bond acceptors (Lipinski definition) is 3. The molecule has 24 heavy (non-hydrogen) atoms. The lowest BCUT2D eigenvalue weighted by Crippen LogP contribution is -2.23. The first-order chi connectivity index (χ1) is 11.8. The molecule has 1 aliphatic heterocycles. The van der Waals surface area contributed by atoms with Crippen molar-refractivity contribution in [1.82, 2.24) is 15.3 Å². The number of rotatable bonds is 4. The van der Waals surface area contributed by atoms with Gasteiger partial charge in [-0.2, -0.15) is 0 Å². The van der Waals surface area contributed by atoms with Crippen LogP contribution in [0.1, 0.15) is 17.0 Å². The molecule has 0 saturated heterocycles. The maximum Gasteiger partial charge on any atom is 0.137 e. The monoisotopic (exact) mass is 339 g/mol. The van der Waals surface area contributed by atoms with Crippen LogP contribution in [0.25, 0.3) is 11.4 Å². The van der Waals surface area contributed by atoms with E-state index in [0.717, 1.165) is 52.9 Å². The Labute approximate surface area is 145 Å². The molecule has 1 aliphatic rings. The number of aromatic amines is 1. The van der Waals surface area contributed by atoms with Crippen LogP contribution in [-0.4, -0.2) is 16.5 Å². The third-order valence-electron chi connectivity index (χ3n) is 4.11. The van der Waals surface area contributed by atoms with E-state index in [1.165, 1.54) is 5.69 Å². The molecule has 0 bridgehead atoms. The number of hydrogen-bond donors (Lipinski definition) is 2. The first-order valence-corrected chi connectivity index (χ1v) is 8.42. The molecule has 0 fully saturated rings. The molecule has 2 heterocycles. The lowest BCUT2D eigenvalue weighted by Gasteiger charge is -2.09. The van der Waals surface area contributed by atoms with Gasteiger partial charge in [0.2, 0.25) is 0 Å². The first-order valence-electron chi connectivity index (χ1n) is 8.04. The Kier molecular flexibility index (Phi) is 4.24. The molecule has 1 aromatic heterocycles.